The summed E-state index contributed by atoms with van der Waals surface area (Å²) in [4.78, 5) is 14.0. The van der Waals surface area contributed by atoms with Crippen molar-refractivity contribution >= 4 is 22.7 Å². The van der Waals surface area contributed by atoms with Crippen LogP contribution < -0.4 is 10.5 Å². The molecule has 0 spiro atoms. The van der Waals surface area contributed by atoms with Gasteiger partial charge in [0.25, 0.3) is 0 Å². The van der Waals surface area contributed by atoms with Crippen LogP contribution in [0, 0.1) is 5.92 Å². The van der Waals surface area contributed by atoms with Gasteiger partial charge in [-0.15, -0.1) is 0 Å². The molecule has 2 N–H and O–H groups in total. The molecule has 1 aromatic heterocycles. The van der Waals surface area contributed by atoms with Crippen LogP contribution in [-0.2, 0) is 4.74 Å². The number of nitrogens with zero attached hydrogens (tertiary/aromatic N) is 3. The number of ether oxygens (including phenoxy) is 2. The van der Waals surface area contributed by atoms with Gasteiger partial charge in [0.2, 0.25) is 0 Å². The number of nitrogens with two attached hydrogens (primary N) is 1. The number of anilines is 1. The summed E-state index contributed by atoms with van der Waals surface area (Å²) in [7, 11) is 1.60. The van der Waals surface area contributed by atoms with Crippen molar-refractivity contribution in [3.8, 4) is 5.75 Å². The van der Waals surface area contributed by atoms with Crippen molar-refractivity contribution in [1.82, 2.24) is 14.7 Å². The molecule has 7 heteroatoms. The highest BCUT2D eigenvalue weighted by Crippen LogP contribution is 2.50. The molecule has 25 heavy (non-hydrogen) atoms. The summed E-state index contributed by atoms with van der Waals surface area (Å²) in [6.07, 6.45) is 2.72. The SMILES string of the molecule is COc1cc2nn([C@H]3CC4C3CN4C(=O)OC(C)(C)C)cc2cc1N. The summed E-state index contributed by atoms with van der Waals surface area (Å²) in [5.41, 5.74) is 7.00. The van der Waals surface area contributed by atoms with Crippen LogP contribution in [0.3, 0.4) is 0 Å². The van der Waals surface area contributed by atoms with E-state index in [0.717, 1.165) is 23.9 Å². The Morgan fingerprint density at radius 2 is 2.08 bits per heavy atom. The van der Waals surface area contributed by atoms with Crippen LogP contribution >= 0.6 is 0 Å². The first kappa shape index (κ1) is 16.1. The molecule has 0 bridgehead atoms. The first-order valence-corrected chi connectivity index (χ1v) is 8.59. The van der Waals surface area contributed by atoms with Gasteiger partial charge in [-0.1, -0.05) is 0 Å². The van der Waals surface area contributed by atoms with E-state index in [4.69, 9.17) is 15.2 Å². The van der Waals surface area contributed by atoms with Gasteiger partial charge in [0, 0.05) is 36.2 Å². The number of amides is 1. The molecule has 1 aromatic carbocycles. The van der Waals surface area contributed by atoms with Crippen molar-refractivity contribution in [2.45, 2.75) is 44.9 Å². The molecule has 4 rings (SSSR count). The van der Waals surface area contributed by atoms with Gasteiger partial charge >= 0.3 is 6.09 Å². The standard InChI is InChI=1S/C18H24N4O3/c1-18(2,3)25-17(23)21-9-11-14(21)7-15(11)22-8-10-5-12(19)16(24-4)6-13(10)20-22/h5-6,8,11,14-15H,7,9,19H2,1-4H3/t11?,14?,15-/m0/s1. The Kier molecular flexibility index (Phi) is 3.39. The molecule has 1 aliphatic heterocycles. The van der Waals surface area contributed by atoms with Crippen LogP contribution in [0.4, 0.5) is 10.5 Å². The molecule has 134 valence electrons. The number of fused-ring (bicyclic) bond motifs is 2. The maximum atomic E-state index is 12.2. The fraction of sp³-hybridized carbons (Fsp3) is 0.556. The van der Waals surface area contributed by atoms with E-state index in [1.54, 1.807) is 7.11 Å². The van der Waals surface area contributed by atoms with Crippen LogP contribution in [0.5, 0.6) is 5.75 Å². The summed E-state index contributed by atoms with van der Waals surface area (Å²) in [6, 6.07) is 4.35. The van der Waals surface area contributed by atoms with Gasteiger partial charge in [-0.3, -0.25) is 4.68 Å². The van der Waals surface area contributed by atoms with E-state index in [-0.39, 0.29) is 12.1 Å². The highest BCUT2D eigenvalue weighted by Gasteiger charge is 2.56. The van der Waals surface area contributed by atoms with Crippen molar-refractivity contribution in [3.05, 3.63) is 18.3 Å². The number of aromatic nitrogens is 2. The number of likely N-dealkylation sites (tertiary alicyclic amines) is 1. The highest BCUT2D eigenvalue weighted by molar-refractivity contribution is 5.84. The second-order valence-corrected chi connectivity index (χ2v) is 7.93. The maximum absolute atomic E-state index is 12.2. The second kappa shape index (κ2) is 5.28. The Morgan fingerprint density at radius 1 is 1.32 bits per heavy atom. The topological polar surface area (TPSA) is 82.6 Å². The molecule has 0 radical (unpaired) electrons. The number of rotatable bonds is 2. The van der Waals surface area contributed by atoms with Gasteiger partial charge in [0.1, 0.15) is 11.4 Å². The molecule has 2 heterocycles. The quantitative estimate of drug-likeness (QED) is 0.847. The number of benzene rings is 1. The first-order chi connectivity index (χ1) is 11.8. The molecule has 1 saturated heterocycles. The molecule has 7 nitrogen and oxygen atoms in total. The molecule has 3 atom stereocenters. The molecule has 2 fully saturated rings. The van der Waals surface area contributed by atoms with Crippen molar-refractivity contribution in [3.63, 3.8) is 0 Å². The molecule has 1 saturated carbocycles. The zero-order chi connectivity index (χ0) is 17.9. The number of piperidine rings is 1. The van der Waals surface area contributed by atoms with E-state index in [1.165, 1.54) is 0 Å². The van der Waals surface area contributed by atoms with Crippen molar-refractivity contribution < 1.29 is 14.3 Å². The number of carbonyl (C=O) groups is 1. The summed E-state index contributed by atoms with van der Waals surface area (Å²) in [5.74, 6) is 1.09. The van der Waals surface area contributed by atoms with Crippen molar-refractivity contribution in [1.29, 1.82) is 0 Å². The van der Waals surface area contributed by atoms with E-state index >= 15 is 0 Å². The third-order valence-electron chi connectivity index (χ3n) is 5.12. The average Bonchev–Trinajstić information content (AvgIpc) is 2.88. The van der Waals surface area contributed by atoms with Gasteiger partial charge < -0.3 is 20.1 Å². The Hall–Kier alpha value is -2.44. The molecule has 2 aliphatic rings. The maximum Gasteiger partial charge on any atom is 0.410 e. The van der Waals surface area contributed by atoms with Crippen molar-refractivity contribution in [2.24, 2.45) is 5.92 Å². The Balaban J connectivity index is 1.46. The largest absolute Gasteiger partial charge is 0.495 e. The second-order valence-electron chi connectivity index (χ2n) is 7.93. The Labute approximate surface area is 146 Å². The molecule has 2 unspecified atom stereocenters. The lowest BCUT2D eigenvalue weighted by molar-refractivity contribution is -0.103. The first-order valence-electron chi connectivity index (χ1n) is 8.59. The third-order valence-corrected chi connectivity index (χ3v) is 5.12. The minimum Gasteiger partial charge on any atom is -0.495 e. The normalized spacial score (nSPS) is 25.1. The molecule has 1 amide bonds. The average molecular weight is 344 g/mol. The predicted octanol–water partition coefficient (Wildman–Crippen LogP) is 2.81. The van der Waals surface area contributed by atoms with Gasteiger partial charge in [0.05, 0.1) is 24.4 Å². The van der Waals surface area contributed by atoms with Crippen LogP contribution in [0.25, 0.3) is 10.9 Å². The lowest BCUT2D eigenvalue weighted by atomic mass is 9.67. The number of methoxy groups -OCH3 is 1. The highest BCUT2D eigenvalue weighted by atomic mass is 16.6. The van der Waals surface area contributed by atoms with Crippen LogP contribution in [0.1, 0.15) is 33.2 Å². The van der Waals surface area contributed by atoms with E-state index in [9.17, 15) is 4.79 Å². The van der Waals surface area contributed by atoms with Crippen molar-refractivity contribution in [2.75, 3.05) is 19.4 Å². The summed E-state index contributed by atoms with van der Waals surface area (Å²) >= 11 is 0. The number of nitrogen functional groups attached to an aromatic ring is 1. The van der Waals surface area contributed by atoms with Crippen LogP contribution in [-0.4, -0.2) is 46.1 Å². The summed E-state index contributed by atoms with van der Waals surface area (Å²) in [5, 5.41) is 5.68. The van der Waals surface area contributed by atoms with E-state index in [0.29, 0.717) is 23.4 Å². The predicted molar refractivity (Wildman–Crippen MR) is 94.6 cm³/mol. The third kappa shape index (κ3) is 2.58. The number of carbonyl (C=O) groups excluding carboxylic acids is 1. The fourth-order valence-corrected chi connectivity index (χ4v) is 3.75. The lowest BCUT2D eigenvalue weighted by Gasteiger charge is -2.59. The van der Waals surface area contributed by atoms with Gasteiger partial charge in [0.15, 0.2) is 0 Å². The van der Waals surface area contributed by atoms with Gasteiger partial charge in [-0.05, 0) is 33.3 Å². The number of hydrogen-bond donors (Lipinski definition) is 1. The zero-order valence-electron chi connectivity index (χ0n) is 15.0. The van der Waals surface area contributed by atoms with Crippen LogP contribution in [0.2, 0.25) is 0 Å². The smallest absolute Gasteiger partial charge is 0.410 e. The van der Waals surface area contributed by atoms with Gasteiger partial charge in [-0.25, -0.2) is 4.79 Å². The van der Waals surface area contributed by atoms with Crippen LogP contribution in [0.15, 0.2) is 18.3 Å². The summed E-state index contributed by atoms with van der Waals surface area (Å²) < 4.78 is 12.7. The molecular weight excluding hydrogens is 320 g/mol. The Morgan fingerprint density at radius 3 is 2.68 bits per heavy atom. The molecule has 1 aliphatic carbocycles. The van der Waals surface area contributed by atoms with E-state index in [1.807, 2.05) is 48.7 Å². The number of hydrogen-bond acceptors (Lipinski definition) is 5. The lowest BCUT2D eigenvalue weighted by Crippen LogP contribution is -2.68. The van der Waals surface area contributed by atoms with Gasteiger partial charge in [-0.2, -0.15) is 5.10 Å². The summed E-state index contributed by atoms with van der Waals surface area (Å²) in [6.45, 7) is 6.40. The van der Waals surface area contributed by atoms with E-state index < -0.39 is 5.60 Å². The minimum absolute atomic E-state index is 0.213. The van der Waals surface area contributed by atoms with E-state index in [2.05, 4.69) is 5.10 Å². The zero-order valence-corrected chi connectivity index (χ0v) is 15.0. The monoisotopic (exact) mass is 344 g/mol. The molecule has 2 aromatic rings. The molecular formula is C18H24N4O3. The minimum atomic E-state index is -0.454. The Bertz CT molecular complexity index is 839. The fourth-order valence-electron chi connectivity index (χ4n) is 3.75.